The van der Waals surface area contributed by atoms with Crippen molar-refractivity contribution in [1.29, 1.82) is 0 Å². The molecule has 1 saturated heterocycles. The van der Waals surface area contributed by atoms with Gasteiger partial charge in [0.15, 0.2) is 0 Å². The van der Waals surface area contributed by atoms with E-state index in [0.717, 1.165) is 40.9 Å². The van der Waals surface area contributed by atoms with Crippen LogP contribution in [0.2, 0.25) is 5.02 Å². The van der Waals surface area contributed by atoms with Gasteiger partial charge < -0.3 is 10.2 Å². The second-order valence-electron chi connectivity index (χ2n) is 5.87. The topological polar surface area (TPSA) is 49.4 Å². The Balaban J connectivity index is 1.64. The van der Waals surface area contributed by atoms with Crippen molar-refractivity contribution in [1.82, 2.24) is 10.2 Å². The van der Waals surface area contributed by atoms with Crippen molar-refractivity contribution >= 4 is 50.9 Å². The van der Waals surface area contributed by atoms with Crippen LogP contribution in [-0.4, -0.2) is 35.8 Å². The number of amides is 2. The molecule has 0 aliphatic carbocycles. The van der Waals surface area contributed by atoms with Crippen LogP contribution in [0.3, 0.4) is 0 Å². The molecule has 1 aliphatic rings. The molecule has 2 amide bonds. The molecule has 0 spiro atoms. The number of fused-ring (bicyclic) bond motifs is 1. The molecule has 6 heteroatoms. The van der Waals surface area contributed by atoms with Crippen LogP contribution in [0.25, 0.3) is 16.2 Å². The minimum absolute atomic E-state index is 0.0193. The number of halogens is 1. The molecule has 0 saturated carbocycles. The highest BCUT2D eigenvalue weighted by atomic mass is 35.5. The van der Waals surface area contributed by atoms with E-state index in [2.05, 4.69) is 5.32 Å². The third-order valence-corrected chi connectivity index (χ3v) is 5.75. The Morgan fingerprint density at radius 2 is 2.00 bits per heavy atom. The SMILES string of the molecule is C[C@@H](NC(=O)/C=C/c1sc2ccccc2c1Cl)C(=O)N1CCCC1. The van der Waals surface area contributed by atoms with Crippen LogP contribution in [0.4, 0.5) is 0 Å². The van der Waals surface area contributed by atoms with Gasteiger partial charge >= 0.3 is 0 Å². The van der Waals surface area contributed by atoms with Crippen LogP contribution in [0.5, 0.6) is 0 Å². The summed E-state index contributed by atoms with van der Waals surface area (Å²) in [6, 6.07) is 7.34. The number of hydrogen-bond acceptors (Lipinski definition) is 3. The Labute approximate surface area is 150 Å². The minimum atomic E-state index is -0.516. The van der Waals surface area contributed by atoms with Crippen LogP contribution in [-0.2, 0) is 9.59 Å². The number of likely N-dealkylation sites (tertiary alicyclic amines) is 1. The summed E-state index contributed by atoms with van der Waals surface area (Å²) in [7, 11) is 0. The smallest absolute Gasteiger partial charge is 0.244 e. The number of hydrogen-bond donors (Lipinski definition) is 1. The normalized spacial score (nSPS) is 16.0. The lowest BCUT2D eigenvalue weighted by Crippen LogP contribution is -2.45. The summed E-state index contributed by atoms with van der Waals surface area (Å²) in [4.78, 5) is 26.9. The van der Waals surface area contributed by atoms with Gasteiger partial charge in [0.2, 0.25) is 11.8 Å². The average molecular weight is 363 g/mol. The quantitative estimate of drug-likeness (QED) is 0.843. The van der Waals surface area contributed by atoms with E-state index in [4.69, 9.17) is 11.6 Å². The summed E-state index contributed by atoms with van der Waals surface area (Å²) in [6.45, 7) is 3.29. The molecule has 1 aliphatic heterocycles. The van der Waals surface area contributed by atoms with E-state index in [1.807, 2.05) is 24.3 Å². The fourth-order valence-electron chi connectivity index (χ4n) is 2.83. The molecule has 1 N–H and O–H groups in total. The molecule has 126 valence electrons. The molecule has 0 bridgehead atoms. The van der Waals surface area contributed by atoms with E-state index in [1.54, 1.807) is 17.9 Å². The first-order valence-electron chi connectivity index (χ1n) is 8.00. The zero-order valence-electron chi connectivity index (χ0n) is 13.4. The van der Waals surface area contributed by atoms with Crippen LogP contribution in [0.15, 0.2) is 30.3 Å². The van der Waals surface area contributed by atoms with Crippen molar-refractivity contribution in [2.75, 3.05) is 13.1 Å². The summed E-state index contributed by atoms with van der Waals surface area (Å²) in [5, 5.41) is 4.37. The zero-order chi connectivity index (χ0) is 17.1. The Hall–Kier alpha value is -1.85. The van der Waals surface area contributed by atoms with Crippen molar-refractivity contribution in [3.8, 4) is 0 Å². The summed E-state index contributed by atoms with van der Waals surface area (Å²) < 4.78 is 1.08. The van der Waals surface area contributed by atoms with Gasteiger partial charge in [-0.3, -0.25) is 9.59 Å². The highest BCUT2D eigenvalue weighted by Crippen LogP contribution is 2.35. The molecule has 4 nitrogen and oxygen atoms in total. The number of nitrogens with one attached hydrogen (secondary N) is 1. The van der Waals surface area contributed by atoms with Crippen molar-refractivity contribution in [2.45, 2.75) is 25.8 Å². The van der Waals surface area contributed by atoms with Gasteiger partial charge in [0.05, 0.1) is 5.02 Å². The maximum Gasteiger partial charge on any atom is 0.244 e. The molecule has 0 unspecified atom stereocenters. The molecule has 24 heavy (non-hydrogen) atoms. The molecular weight excluding hydrogens is 344 g/mol. The van der Waals surface area contributed by atoms with Crippen molar-refractivity contribution < 1.29 is 9.59 Å². The average Bonchev–Trinajstić information content (AvgIpc) is 3.21. The minimum Gasteiger partial charge on any atom is -0.341 e. The van der Waals surface area contributed by atoms with Gasteiger partial charge in [-0.2, -0.15) is 0 Å². The summed E-state index contributed by atoms with van der Waals surface area (Å²) in [5.74, 6) is -0.308. The second kappa shape index (κ2) is 7.36. The fraction of sp³-hybridized carbons (Fsp3) is 0.333. The standard InChI is InChI=1S/C18H19ClN2O2S/c1-12(18(23)21-10-4-5-11-21)20-16(22)9-8-15-17(19)13-6-2-3-7-14(13)24-15/h2-3,6-9,12H,4-5,10-11H2,1H3,(H,20,22)/b9-8+/t12-/m1/s1. The zero-order valence-corrected chi connectivity index (χ0v) is 15.0. The molecular formula is C18H19ClN2O2S. The van der Waals surface area contributed by atoms with E-state index >= 15 is 0 Å². The molecule has 2 aromatic rings. The largest absolute Gasteiger partial charge is 0.341 e. The first-order valence-corrected chi connectivity index (χ1v) is 9.20. The Bertz CT molecular complexity index is 793. The van der Waals surface area contributed by atoms with Crippen LogP contribution in [0.1, 0.15) is 24.6 Å². The van der Waals surface area contributed by atoms with Gasteiger partial charge in [-0.05, 0) is 31.9 Å². The molecule has 3 rings (SSSR count). The summed E-state index contributed by atoms with van der Waals surface area (Å²) in [5.41, 5.74) is 0. The maximum atomic E-state index is 12.2. The third kappa shape index (κ3) is 3.62. The monoisotopic (exact) mass is 362 g/mol. The number of carbonyl (C=O) groups is 2. The van der Waals surface area contributed by atoms with Crippen molar-refractivity contribution in [3.63, 3.8) is 0 Å². The summed E-state index contributed by atoms with van der Waals surface area (Å²) >= 11 is 7.89. The van der Waals surface area contributed by atoms with E-state index in [-0.39, 0.29) is 11.8 Å². The highest BCUT2D eigenvalue weighted by molar-refractivity contribution is 7.20. The van der Waals surface area contributed by atoms with Crippen LogP contribution >= 0.6 is 22.9 Å². The molecule has 1 fully saturated rings. The van der Waals surface area contributed by atoms with Gasteiger partial charge in [0.25, 0.3) is 0 Å². The number of thiophene rings is 1. The van der Waals surface area contributed by atoms with E-state index in [9.17, 15) is 9.59 Å². The van der Waals surface area contributed by atoms with Crippen molar-refractivity contribution in [2.24, 2.45) is 0 Å². The molecule has 1 aromatic heterocycles. The van der Waals surface area contributed by atoms with Crippen LogP contribution in [0, 0.1) is 0 Å². The van der Waals surface area contributed by atoms with E-state index < -0.39 is 6.04 Å². The second-order valence-corrected chi connectivity index (χ2v) is 7.33. The maximum absolute atomic E-state index is 12.2. The number of benzene rings is 1. The fourth-order valence-corrected chi connectivity index (χ4v) is 4.22. The molecule has 1 atom stereocenters. The van der Waals surface area contributed by atoms with Gasteiger partial charge in [0, 0.05) is 34.1 Å². The Morgan fingerprint density at radius 3 is 2.71 bits per heavy atom. The van der Waals surface area contributed by atoms with Crippen LogP contribution < -0.4 is 5.32 Å². The van der Waals surface area contributed by atoms with Gasteiger partial charge in [-0.15, -0.1) is 11.3 Å². The predicted octanol–water partition coefficient (Wildman–Crippen LogP) is 3.70. The van der Waals surface area contributed by atoms with Gasteiger partial charge in [-0.1, -0.05) is 29.8 Å². The number of nitrogens with zero attached hydrogens (tertiary/aromatic N) is 1. The molecule has 1 aromatic carbocycles. The Kier molecular flexibility index (Phi) is 5.21. The lowest BCUT2D eigenvalue weighted by molar-refractivity contribution is -0.134. The van der Waals surface area contributed by atoms with Gasteiger partial charge in [0.1, 0.15) is 6.04 Å². The predicted molar refractivity (Wildman–Crippen MR) is 99.3 cm³/mol. The van der Waals surface area contributed by atoms with Gasteiger partial charge in [-0.25, -0.2) is 0 Å². The Morgan fingerprint density at radius 1 is 1.29 bits per heavy atom. The summed E-state index contributed by atoms with van der Waals surface area (Å²) in [6.07, 6.45) is 5.22. The molecule has 0 radical (unpaired) electrons. The molecule has 2 heterocycles. The third-order valence-electron chi connectivity index (χ3n) is 4.09. The van der Waals surface area contributed by atoms with Crippen molar-refractivity contribution in [3.05, 3.63) is 40.2 Å². The lowest BCUT2D eigenvalue weighted by atomic mass is 10.2. The highest BCUT2D eigenvalue weighted by Gasteiger charge is 2.23. The number of carbonyl (C=O) groups excluding carboxylic acids is 2. The lowest BCUT2D eigenvalue weighted by Gasteiger charge is -2.20. The first-order chi connectivity index (χ1) is 11.6. The van der Waals surface area contributed by atoms with E-state index in [1.165, 1.54) is 17.4 Å². The number of rotatable bonds is 4. The first kappa shape index (κ1) is 17.0. The van der Waals surface area contributed by atoms with E-state index in [0.29, 0.717) is 5.02 Å².